The fraction of sp³-hybridized carbons (Fsp3) is 0.316. The molecule has 0 fully saturated rings. The molecule has 2 heterocycles. The van der Waals surface area contributed by atoms with E-state index in [1.807, 2.05) is 29.9 Å². The van der Waals surface area contributed by atoms with E-state index >= 15 is 0 Å². The summed E-state index contributed by atoms with van der Waals surface area (Å²) in [6.07, 6.45) is 1.89. The van der Waals surface area contributed by atoms with Crippen LogP contribution in [0, 0.1) is 20.8 Å². The summed E-state index contributed by atoms with van der Waals surface area (Å²) in [5, 5.41) is 12.3. The van der Waals surface area contributed by atoms with Gasteiger partial charge >= 0.3 is 0 Å². The quantitative estimate of drug-likeness (QED) is 0.536. The van der Waals surface area contributed by atoms with E-state index in [-0.39, 0.29) is 0 Å². The summed E-state index contributed by atoms with van der Waals surface area (Å²) in [6, 6.07) is 10.4. The zero-order valence-corrected chi connectivity index (χ0v) is 16.4. The van der Waals surface area contributed by atoms with Crippen molar-refractivity contribution in [2.24, 2.45) is 4.99 Å². The van der Waals surface area contributed by atoms with Crippen LogP contribution >= 0.6 is 11.3 Å². The van der Waals surface area contributed by atoms with E-state index in [2.05, 4.69) is 57.8 Å². The average molecular weight is 369 g/mol. The standard InChI is InChI=1S/C19H24N6S/c1-13-9-14(2)25(24-13)17-8-6-5-7-16(17)11-22-19(20-4)23-12-18-21-10-15(3)26-18/h5-10H,11-12H2,1-4H3,(H2,20,22,23). The lowest BCUT2D eigenvalue weighted by molar-refractivity contribution is 0.779. The van der Waals surface area contributed by atoms with E-state index in [9.17, 15) is 0 Å². The predicted molar refractivity (Wildman–Crippen MR) is 107 cm³/mol. The van der Waals surface area contributed by atoms with Crippen molar-refractivity contribution in [1.82, 2.24) is 25.4 Å². The van der Waals surface area contributed by atoms with Crippen molar-refractivity contribution in [2.45, 2.75) is 33.9 Å². The number of benzene rings is 1. The third kappa shape index (κ3) is 4.29. The van der Waals surface area contributed by atoms with Gasteiger partial charge in [-0.2, -0.15) is 5.10 Å². The van der Waals surface area contributed by atoms with Gasteiger partial charge in [-0.3, -0.25) is 4.99 Å². The summed E-state index contributed by atoms with van der Waals surface area (Å²) in [6.45, 7) is 7.46. The van der Waals surface area contributed by atoms with Crippen molar-refractivity contribution in [3.8, 4) is 5.69 Å². The van der Waals surface area contributed by atoms with Gasteiger partial charge in [-0.25, -0.2) is 9.67 Å². The van der Waals surface area contributed by atoms with Crippen LogP contribution in [-0.2, 0) is 13.1 Å². The molecule has 3 rings (SSSR count). The Morgan fingerprint density at radius 1 is 1.15 bits per heavy atom. The zero-order valence-electron chi connectivity index (χ0n) is 15.6. The molecule has 2 aromatic heterocycles. The van der Waals surface area contributed by atoms with Crippen molar-refractivity contribution < 1.29 is 0 Å². The van der Waals surface area contributed by atoms with Gasteiger partial charge in [0.05, 0.1) is 17.9 Å². The number of aryl methyl sites for hydroxylation is 3. The largest absolute Gasteiger partial charge is 0.352 e. The maximum Gasteiger partial charge on any atom is 0.191 e. The molecule has 0 aliphatic carbocycles. The first-order valence-corrected chi connectivity index (χ1v) is 9.36. The fourth-order valence-corrected chi connectivity index (χ4v) is 3.51. The van der Waals surface area contributed by atoms with Crippen molar-refractivity contribution in [3.05, 3.63) is 63.4 Å². The van der Waals surface area contributed by atoms with Gasteiger partial charge in [-0.15, -0.1) is 11.3 Å². The number of aromatic nitrogens is 3. The van der Waals surface area contributed by atoms with Gasteiger partial charge < -0.3 is 10.6 Å². The first kappa shape index (κ1) is 18.1. The highest BCUT2D eigenvalue weighted by atomic mass is 32.1. The maximum absolute atomic E-state index is 4.60. The van der Waals surface area contributed by atoms with Crippen molar-refractivity contribution in [1.29, 1.82) is 0 Å². The summed E-state index contributed by atoms with van der Waals surface area (Å²) in [4.78, 5) is 9.88. The molecule has 0 bridgehead atoms. The molecule has 0 spiro atoms. The van der Waals surface area contributed by atoms with Crippen LogP contribution in [0.1, 0.15) is 26.8 Å². The van der Waals surface area contributed by atoms with Crippen LogP contribution in [0.5, 0.6) is 0 Å². The van der Waals surface area contributed by atoms with Crippen LogP contribution < -0.4 is 10.6 Å². The van der Waals surface area contributed by atoms with E-state index in [0.717, 1.165) is 33.6 Å². The zero-order chi connectivity index (χ0) is 18.5. The van der Waals surface area contributed by atoms with Gasteiger partial charge in [0.2, 0.25) is 0 Å². The van der Waals surface area contributed by atoms with Crippen molar-refractivity contribution in [2.75, 3.05) is 7.05 Å². The summed E-state index contributed by atoms with van der Waals surface area (Å²) >= 11 is 1.69. The normalized spacial score (nSPS) is 11.6. The number of hydrogen-bond donors (Lipinski definition) is 2. The van der Waals surface area contributed by atoms with E-state index in [0.29, 0.717) is 13.1 Å². The minimum absolute atomic E-state index is 0.658. The molecule has 0 radical (unpaired) electrons. The first-order chi connectivity index (χ1) is 12.6. The summed E-state index contributed by atoms with van der Waals surface area (Å²) in [5.74, 6) is 0.751. The maximum atomic E-state index is 4.60. The molecular formula is C19H24N6S. The number of rotatable bonds is 5. The molecule has 26 heavy (non-hydrogen) atoms. The highest BCUT2D eigenvalue weighted by Gasteiger charge is 2.09. The number of hydrogen-bond acceptors (Lipinski definition) is 4. The molecule has 1 aromatic carbocycles. The average Bonchev–Trinajstić information content (AvgIpc) is 3.20. The van der Waals surface area contributed by atoms with Gasteiger partial charge in [0.1, 0.15) is 5.01 Å². The smallest absolute Gasteiger partial charge is 0.191 e. The molecule has 6 nitrogen and oxygen atoms in total. The van der Waals surface area contributed by atoms with Crippen LogP contribution in [0.3, 0.4) is 0 Å². The number of para-hydroxylation sites is 1. The second-order valence-corrected chi connectivity index (χ2v) is 7.43. The molecule has 136 valence electrons. The molecule has 3 aromatic rings. The number of thiazole rings is 1. The van der Waals surface area contributed by atoms with Crippen LogP contribution in [0.25, 0.3) is 5.69 Å². The Morgan fingerprint density at radius 3 is 2.58 bits per heavy atom. The van der Waals surface area contributed by atoms with E-state index in [4.69, 9.17) is 0 Å². The summed E-state index contributed by atoms with van der Waals surface area (Å²) in [7, 11) is 1.77. The van der Waals surface area contributed by atoms with Crippen molar-refractivity contribution >= 4 is 17.3 Å². The molecule has 0 aliphatic rings. The van der Waals surface area contributed by atoms with Crippen LogP contribution in [-0.4, -0.2) is 27.8 Å². The molecular weight excluding hydrogens is 344 g/mol. The Balaban J connectivity index is 1.68. The number of aliphatic imine (C=N–C) groups is 1. The molecule has 0 amide bonds. The van der Waals surface area contributed by atoms with E-state index in [1.165, 1.54) is 4.88 Å². The van der Waals surface area contributed by atoms with Gasteiger partial charge in [-0.05, 0) is 38.5 Å². The Morgan fingerprint density at radius 2 is 1.92 bits per heavy atom. The third-order valence-corrected chi connectivity index (χ3v) is 4.89. The Kier molecular flexibility index (Phi) is 5.68. The van der Waals surface area contributed by atoms with Gasteiger partial charge in [0, 0.05) is 30.4 Å². The number of nitrogens with one attached hydrogen (secondary N) is 2. The van der Waals surface area contributed by atoms with Gasteiger partial charge in [-0.1, -0.05) is 18.2 Å². The molecule has 0 saturated heterocycles. The number of nitrogens with zero attached hydrogens (tertiary/aromatic N) is 4. The first-order valence-electron chi connectivity index (χ1n) is 8.54. The summed E-state index contributed by atoms with van der Waals surface area (Å²) < 4.78 is 1.99. The highest BCUT2D eigenvalue weighted by molar-refractivity contribution is 7.11. The molecule has 0 aliphatic heterocycles. The highest BCUT2D eigenvalue weighted by Crippen LogP contribution is 2.17. The lowest BCUT2D eigenvalue weighted by atomic mass is 10.1. The topological polar surface area (TPSA) is 67.1 Å². The third-order valence-electron chi connectivity index (χ3n) is 3.98. The van der Waals surface area contributed by atoms with E-state index in [1.54, 1.807) is 18.4 Å². The SMILES string of the molecule is CN=C(NCc1ncc(C)s1)NCc1ccccc1-n1nc(C)cc1C. The predicted octanol–water partition coefficient (Wildman–Crippen LogP) is 3.12. The molecule has 0 unspecified atom stereocenters. The van der Waals surface area contributed by atoms with E-state index < -0.39 is 0 Å². The van der Waals surface area contributed by atoms with Crippen LogP contribution in [0.15, 0.2) is 41.5 Å². The monoisotopic (exact) mass is 368 g/mol. The Hall–Kier alpha value is -2.67. The molecule has 2 N–H and O–H groups in total. The van der Waals surface area contributed by atoms with Gasteiger partial charge in [0.25, 0.3) is 0 Å². The second kappa shape index (κ2) is 8.14. The lowest BCUT2D eigenvalue weighted by Gasteiger charge is -2.14. The lowest BCUT2D eigenvalue weighted by Crippen LogP contribution is -2.36. The molecule has 0 saturated carbocycles. The van der Waals surface area contributed by atoms with Crippen LogP contribution in [0.4, 0.5) is 0 Å². The number of guanidine groups is 1. The minimum atomic E-state index is 0.658. The Bertz CT molecular complexity index is 908. The fourth-order valence-electron chi connectivity index (χ4n) is 2.78. The minimum Gasteiger partial charge on any atom is -0.352 e. The molecule has 7 heteroatoms. The second-order valence-electron chi connectivity index (χ2n) is 6.11. The van der Waals surface area contributed by atoms with Crippen molar-refractivity contribution in [3.63, 3.8) is 0 Å². The molecule has 0 atom stereocenters. The van der Waals surface area contributed by atoms with Crippen LogP contribution in [0.2, 0.25) is 0 Å². The summed E-state index contributed by atoms with van der Waals surface area (Å²) in [5.41, 5.74) is 4.38. The van der Waals surface area contributed by atoms with Gasteiger partial charge in [0.15, 0.2) is 5.96 Å². The Labute approximate surface area is 158 Å².